The molecule has 1 unspecified atom stereocenters. The summed E-state index contributed by atoms with van der Waals surface area (Å²) >= 11 is 0. The van der Waals surface area contributed by atoms with Gasteiger partial charge in [-0.3, -0.25) is 4.79 Å². The first-order valence-corrected chi connectivity index (χ1v) is 14.4. The molecule has 0 aliphatic heterocycles. The molecular formula is C25H52NO3P. The maximum absolute atomic E-state index is 11.8. The molecule has 0 spiro atoms. The fourth-order valence-corrected chi connectivity index (χ4v) is 3.91. The third-order valence-corrected chi connectivity index (χ3v) is 5.91. The third-order valence-electron chi connectivity index (χ3n) is 5.63. The minimum atomic E-state index is 0.227. The Morgan fingerprint density at radius 2 is 1.13 bits per heavy atom. The van der Waals surface area contributed by atoms with Crippen LogP contribution in [0.15, 0.2) is 0 Å². The van der Waals surface area contributed by atoms with Crippen LogP contribution >= 0.6 is 8.81 Å². The molecule has 0 aromatic carbocycles. The highest BCUT2D eigenvalue weighted by atomic mass is 31.1. The first-order valence-electron chi connectivity index (χ1n) is 13.0. The zero-order valence-electron chi connectivity index (χ0n) is 20.3. The van der Waals surface area contributed by atoms with Crippen LogP contribution in [0.5, 0.6) is 0 Å². The fourth-order valence-electron chi connectivity index (χ4n) is 3.71. The van der Waals surface area contributed by atoms with Gasteiger partial charge >= 0.3 is 0 Å². The van der Waals surface area contributed by atoms with Crippen LogP contribution in [0.25, 0.3) is 0 Å². The van der Waals surface area contributed by atoms with Gasteiger partial charge in [-0.05, 0) is 25.9 Å². The molecule has 1 atom stereocenters. The van der Waals surface area contributed by atoms with Crippen molar-refractivity contribution in [1.82, 2.24) is 5.32 Å². The normalized spacial score (nSPS) is 11.5. The van der Waals surface area contributed by atoms with Crippen LogP contribution < -0.4 is 5.32 Å². The van der Waals surface area contributed by atoms with Crippen molar-refractivity contribution in [2.45, 2.75) is 135 Å². The Balaban J connectivity index is 3.12. The van der Waals surface area contributed by atoms with Crippen molar-refractivity contribution >= 4 is 14.7 Å². The minimum absolute atomic E-state index is 0.227. The highest BCUT2D eigenvalue weighted by Gasteiger charge is 2.01. The van der Waals surface area contributed by atoms with E-state index in [2.05, 4.69) is 12.2 Å². The Bertz CT molecular complexity index is 342. The van der Waals surface area contributed by atoms with E-state index in [9.17, 15) is 4.79 Å². The molecule has 0 aliphatic rings. The van der Waals surface area contributed by atoms with Gasteiger partial charge in [-0.2, -0.15) is 0 Å². The van der Waals surface area contributed by atoms with E-state index in [1.54, 1.807) is 0 Å². The smallest absolute Gasteiger partial charge is 0.219 e. The van der Waals surface area contributed by atoms with Crippen LogP contribution in [0, 0.1) is 0 Å². The Morgan fingerprint density at radius 3 is 1.67 bits per heavy atom. The van der Waals surface area contributed by atoms with E-state index >= 15 is 0 Å². The predicted octanol–water partition coefficient (Wildman–Crippen LogP) is 8.10. The van der Waals surface area contributed by atoms with Crippen molar-refractivity contribution in [1.29, 1.82) is 0 Å². The summed E-state index contributed by atoms with van der Waals surface area (Å²) in [6, 6.07) is 0. The van der Waals surface area contributed by atoms with E-state index in [0.717, 1.165) is 38.6 Å². The molecule has 0 bridgehead atoms. The van der Waals surface area contributed by atoms with Crippen molar-refractivity contribution in [3.05, 3.63) is 0 Å². The molecule has 4 nitrogen and oxygen atoms in total. The molecule has 0 saturated carbocycles. The van der Waals surface area contributed by atoms with Gasteiger partial charge in [0.1, 0.15) is 0 Å². The molecule has 0 saturated heterocycles. The van der Waals surface area contributed by atoms with Crippen LogP contribution in [-0.2, 0) is 14.4 Å². The summed E-state index contributed by atoms with van der Waals surface area (Å²) in [5.74, 6) is 0.227. The standard InChI is InChI=1S/C25H52NO3P/c1-3-4-5-6-7-8-9-10-11-12-13-14-15-16-19-22-25(27)26-23-20-17-18-21-24-28-29-30-2/h30H,3-24H2,1-2H3,(H,26,27). The second-order valence-corrected chi connectivity index (χ2v) is 9.15. The van der Waals surface area contributed by atoms with Crippen LogP contribution in [0.4, 0.5) is 0 Å². The van der Waals surface area contributed by atoms with E-state index in [1.807, 2.05) is 6.66 Å². The number of carbonyl (C=O) groups excluding carboxylic acids is 1. The molecule has 0 heterocycles. The number of unbranched alkanes of at least 4 members (excludes halogenated alkanes) is 17. The Kier molecular flexibility index (Phi) is 26.7. The van der Waals surface area contributed by atoms with Gasteiger partial charge in [0.25, 0.3) is 0 Å². The summed E-state index contributed by atoms with van der Waals surface area (Å²) in [5.41, 5.74) is 0. The molecule has 0 radical (unpaired) electrons. The third kappa shape index (κ3) is 25.9. The number of rotatable bonds is 25. The lowest BCUT2D eigenvalue weighted by molar-refractivity contribution is -0.196. The molecule has 0 fully saturated rings. The first-order chi connectivity index (χ1) is 14.8. The molecule has 0 aromatic rings. The lowest BCUT2D eigenvalue weighted by atomic mass is 10.0. The summed E-state index contributed by atoms with van der Waals surface area (Å²) in [6.45, 7) is 5.71. The largest absolute Gasteiger partial charge is 0.356 e. The second kappa shape index (κ2) is 26.9. The number of carbonyl (C=O) groups is 1. The minimum Gasteiger partial charge on any atom is -0.356 e. The Labute approximate surface area is 189 Å². The van der Waals surface area contributed by atoms with Crippen molar-refractivity contribution in [2.75, 3.05) is 19.8 Å². The van der Waals surface area contributed by atoms with Gasteiger partial charge in [-0.15, -0.1) is 0 Å². The second-order valence-electron chi connectivity index (χ2n) is 8.57. The monoisotopic (exact) mass is 445 g/mol. The molecule has 5 heteroatoms. The summed E-state index contributed by atoms with van der Waals surface area (Å²) in [7, 11) is 0.395. The molecule has 180 valence electrons. The fraction of sp³-hybridized carbons (Fsp3) is 0.960. The van der Waals surface area contributed by atoms with E-state index in [-0.39, 0.29) is 5.91 Å². The van der Waals surface area contributed by atoms with Crippen LogP contribution in [0.2, 0.25) is 0 Å². The quantitative estimate of drug-likeness (QED) is 0.0668. The van der Waals surface area contributed by atoms with Crippen molar-refractivity contribution < 1.29 is 14.4 Å². The van der Waals surface area contributed by atoms with Gasteiger partial charge in [0.05, 0.1) is 15.4 Å². The number of amides is 1. The summed E-state index contributed by atoms with van der Waals surface area (Å²) < 4.78 is 4.87. The Hall–Kier alpha value is -0.180. The molecule has 0 rings (SSSR count). The highest BCUT2D eigenvalue weighted by molar-refractivity contribution is 7.31. The van der Waals surface area contributed by atoms with Gasteiger partial charge in [-0.25, -0.2) is 9.56 Å². The van der Waals surface area contributed by atoms with E-state index < -0.39 is 0 Å². The van der Waals surface area contributed by atoms with Gasteiger partial charge in [0.15, 0.2) is 0 Å². The molecule has 1 N–H and O–H groups in total. The average molecular weight is 446 g/mol. The molecule has 30 heavy (non-hydrogen) atoms. The zero-order chi connectivity index (χ0) is 22.0. The average Bonchev–Trinajstić information content (AvgIpc) is 2.75. The SMILES string of the molecule is CCCCCCCCCCCCCCCCCC(=O)NCCCCCCOOPC. The number of hydrogen-bond acceptors (Lipinski definition) is 3. The van der Waals surface area contributed by atoms with Crippen molar-refractivity contribution in [2.24, 2.45) is 0 Å². The van der Waals surface area contributed by atoms with Gasteiger partial charge < -0.3 is 5.32 Å². The maximum atomic E-state index is 11.8. The molecule has 0 aliphatic carbocycles. The topological polar surface area (TPSA) is 47.6 Å². The van der Waals surface area contributed by atoms with Crippen LogP contribution in [0.3, 0.4) is 0 Å². The molecule has 0 aromatic heterocycles. The van der Waals surface area contributed by atoms with Gasteiger partial charge in [0, 0.05) is 13.0 Å². The van der Waals surface area contributed by atoms with E-state index in [0.29, 0.717) is 21.8 Å². The number of hydrogen-bond donors (Lipinski definition) is 1. The first kappa shape index (κ1) is 29.8. The number of nitrogens with one attached hydrogen (secondary N) is 1. The van der Waals surface area contributed by atoms with Crippen molar-refractivity contribution in [3.8, 4) is 0 Å². The predicted molar refractivity (Wildman–Crippen MR) is 132 cm³/mol. The van der Waals surface area contributed by atoms with Gasteiger partial charge in [-0.1, -0.05) is 110 Å². The lowest BCUT2D eigenvalue weighted by Gasteiger charge is -2.06. The summed E-state index contributed by atoms with van der Waals surface area (Å²) in [4.78, 5) is 16.8. The zero-order valence-corrected chi connectivity index (χ0v) is 21.3. The van der Waals surface area contributed by atoms with E-state index in [1.165, 1.54) is 89.9 Å². The molecule has 1 amide bonds. The van der Waals surface area contributed by atoms with Crippen LogP contribution in [0.1, 0.15) is 135 Å². The van der Waals surface area contributed by atoms with Crippen LogP contribution in [-0.4, -0.2) is 25.7 Å². The lowest BCUT2D eigenvalue weighted by Crippen LogP contribution is -2.23. The summed E-state index contributed by atoms with van der Waals surface area (Å²) in [5, 5.41) is 3.05. The highest BCUT2D eigenvalue weighted by Crippen LogP contribution is 2.13. The van der Waals surface area contributed by atoms with E-state index in [4.69, 9.17) is 9.56 Å². The summed E-state index contributed by atoms with van der Waals surface area (Å²) in [6.07, 6.45) is 25.5. The van der Waals surface area contributed by atoms with Crippen molar-refractivity contribution in [3.63, 3.8) is 0 Å². The molecular weight excluding hydrogens is 393 g/mol. The van der Waals surface area contributed by atoms with Gasteiger partial charge in [0.2, 0.25) is 5.91 Å². The maximum Gasteiger partial charge on any atom is 0.219 e. The Morgan fingerprint density at radius 1 is 0.667 bits per heavy atom.